The van der Waals surface area contributed by atoms with Gasteiger partial charge in [0.25, 0.3) is 0 Å². The van der Waals surface area contributed by atoms with Crippen molar-refractivity contribution in [3.05, 3.63) is 30.1 Å². The van der Waals surface area contributed by atoms with Crippen LogP contribution in [0.5, 0.6) is 0 Å². The van der Waals surface area contributed by atoms with Crippen LogP contribution in [0, 0.1) is 11.5 Å². The molecule has 0 aliphatic rings. The molecule has 0 aliphatic heterocycles. The number of aromatic nitrogens is 1. The first-order valence-corrected chi connectivity index (χ1v) is 5.23. The first kappa shape index (κ1) is 11.5. The fourth-order valence-electron chi connectivity index (χ4n) is 1.81. The van der Waals surface area contributed by atoms with Gasteiger partial charge in [0.2, 0.25) is 0 Å². The lowest BCUT2D eigenvalue weighted by molar-refractivity contribution is 0.309. The Morgan fingerprint density at radius 1 is 1.60 bits per heavy atom. The molecule has 2 atom stereocenters. The molecule has 0 saturated carbocycles. The average molecular weight is 203 g/mol. The summed E-state index contributed by atoms with van der Waals surface area (Å²) in [4.78, 5) is 5.82. The van der Waals surface area contributed by atoms with Crippen molar-refractivity contribution in [3.63, 3.8) is 0 Å². The van der Waals surface area contributed by atoms with Gasteiger partial charge >= 0.3 is 0 Å². The normalized spacial score (nSPS) is 14.0. The third kappa shape index (κ3) is 2.69. The zero-order valence-corrected chi connectivity index (χ0v) is 9.51. The van der Waals surface area contributed by atoms with Crippen LogP contribution in [-0.4, -0.2) is 23.0 Å². The SMILES string of the molecule is CCC(c1cccnc1)C(C)N(C)C#N. The lowest BCUT2D eigenvalue weighted by atomic mass is 9.90. The molecule has 2 unspecified atom stereocenters. The molecule has 3 nitrogen and oxygen atoms in total. The highest BCUT2D eigenvalue weighted by Gasteiger charge is 2.20. The number of rotatable bonds is 4. The number of hydrogen-bond acceptors (Lipinski definition) is 3. The largest absolute Gasteiger partial charge is 0.310 e. The molecule has 1 aromatic heterocycles. The summed E-state index contributed by atoms with van der Waals surface area (Å²) < 4.78 is 0. The lowest BCUT2D eigenvalue weighted by Crippen LogP contribution is -2.30. The van der Waals surface area contributed by atoms with E-state index in [1.54, 1.807) is 11.1 Å². The number of likely N-dealkylation sites (N-methyl/N-ethyl adjacent to an activating group) is 1. The number of nitrogens with zero attached hydrogens (tertiary/aromatic N) is 3. The molecule has 15 heavy (non-hydrogen) atoms. The second-order valence-corrected chi connectivity index (χ2v) is 3.75. The van der Waals surface area contributed by atoms with Crippen molar-refractivity contribution >= 4 is 0 Å². The van der Waals surface area contributed by atoms with E-state index in [0.29, 0.717) is 5.92 Å². The molecule has 3 heteroatoms. The first-order chi connectivity index (χ1) is 7.20. The van der Waals surface area contributed by atoms with Gasteiger partial charge in [0.05, 0.1) is 0 Å². The molecular formula is C12H17N3. The van der Waals surface area contributed by atoms with E-state index in [-0.39, 0.29) is 6.04 Å². The van der Waals surface area contributed by atoms with Gasteiger partial charge < -0.3 is 4.90 Å². The summed E-state index contributed by atoms with van der Waals surface area (Å²) in [6.45, 7) is 4.21. The number of nitriles is 1. The van der Waals surface area contributed by atoms with Crippen molar-refractivity contribution in [2.75, 3.05) is 7.05 Å². The van der Waals surface area contributed by atoms with Gasteiger partial charge in [0.1, 0.15) is 0 Å². The summed E-state index contributed by atoms with van der Waals surface area (Å²) in [7, 11) is 1.82. The van der Waals surface area contributed by atoms with Crippen LogP contribution in [0.4, 0.5) is 0 Å². The molecule has 0 saturated heterocycles. The van der Waals surface area contributed by atoms with E-state index in [2.05, 4.69) is 31.1 Å². The van der Waals surface area contributed by atoms with Crippen molar-refractivity contribution in [2.24, 2.45) is 0 Å². The van der Waals surface area contributed by atoms with E-state index in [4.69, 9.17) is 5.26 Å². The summed E-state index contributed by atoms with van der Waals surface area (Å²) in [6, 6.07) is 4.23. The number of hydrogen-bond donors (Lipinski definition) is 0. The highest BCUT2D eigenvalue weighted by Crippen LogP contribution is 2.24. The zero-order chi connectivity index (χ0) is 11.3. The van der Waals surface area contributed by atoms with Gasteiger partial charge in [-0.1, -0.05) is 13.0 Å². The Kier molecular flexibility index (Phi) is 4.11. The summed E-state index contributed by atoms with van der Waals surface area (Å²) in [6.07, 6.45) is 6.83. The minimum absolute atomic E-state index is 0.212. The topological polar surface area (TPSA) is 39.9 Å². The summed E-state index contributed by atoms with van der Waals surface area (Å²) >= 11 is 0. The molecule has 0 bridgehead atoms. The summed E-state index contributed by atoms with van der Waals surface area (Å²) in [5, 5.41) is 8.86. The van der Waals surface area contributed by atoms with Crippen molar-refractivity contribution in [2.45, 2.75) is 32.2 Å². The predicted octanol–water partition coefficient (Wildman–Crippen LogP) is 2.38. The van der Waals surface area contributed by atoms with Gasteiger partial charge in [0, 0.05) is 31.4 Å². The van der Waals surface area contributed by atoms with Crippen LogP contribution in [-0.2, 0) is 0 Å². The van der Waals surface area contributed by atoms with Crippen molar-refractivity contribution in [3.8, 4) is 6.19 Å². The van der Waals surface area contributed by atoms with E-state index in [0.717, 1.165) is 6.42 Å². The molecule has 0 N–H and O–H groups in total. The molecule has 0 fully saturated rings. The second kappa shape index (κ2) is 5.35. The molecule has 0 aliphatic carbocycles. The summed E-state index contributed by atoms with van der Waals surface area (Å²) in [5.74, 6) is 0.364. The Balaban J connectivity index is 2.86. The van der Waals surface area contributed by atoms with E-state index < -0.39 is 0 Å². The Hall–Kier alpha value is -1.56. The Bertz CT molecular complexity index is 328. The van der Waals surface area contributed by atoms with Gasteiger partial charge in [-0.2, -0.15) is 5.26 Å². The minimum atomic E-state index is 0.212. The van der Waals surface area contributed by atoms with Crippen LogP contribution < -0.4 is 0 Å². The Morgan fingerprint density at radius 3 is 2.80 bits per heavy atom. The molecule has 0 aromatic carbocycles. The quantitative estimate of drug-likeness (QED) is 0.557. The summed E-state index contributed by atoms with van der Waals surface area (Å²) in [5.41, 5.74) is 1.20. The highest BCUT2D eigenvalue weighted by molar-refractivity contribution is 5.16. The van der Waals surface area contributed by atoms with Gasteiger partial charge in [-0.05, 0) is 25.0 Å². The zero-order valence-electron chi connectivity index (χ0n) is 9.51. The molecule has 1 heterocycles. The van der Waals surface area contributed by atoms with Crippen molar-refractivity contribution in [1.29, 1.82) is 5.26 Å². The highest BCUT2D eigenvalue weighted by atomic mass is 15.1. The maximum atomic E-state index is 8.86. The average Bonchev–Trinajstić information content (AvgIpc) is 2.30. The van der Waals surface area contributed by atoms with E-state index in [1.807, 2.05) is 19.3 Å². The molecule has 80 valence electrons. The lowest BCUT2D eigenvalue weighted by Gasteiger charge is -2.27. The van der Waals surface area contributed by atoms with Crippen LogP contribution in [0.2, 0.25) is 0 Å². The smallest absolute Gasteiger partial charge is 0.179 e. The molecule has 1 aromatic rings. The van der Waals surface area contributed by atoms with E-state index in [9.17, 15) is 0 Å². The van der Waals surface area contributed by atoms with Crippen LogP contribution in [0.1, 0.15) is 31.7 Å². The maximum absolute atomic E-state index is 8.86. The molecular weight excluding hydrogens is 186 g/mol. The van der Waals surface area contributed by atoms with Gasteiger partial charge in [-0.3, -0.25) is 4.98 Å². The van der Waals surface area contributed by atoms with E-state index in [1.165, 1.54) is 5.56 Å². The van der Waals surface area contributed by atoms with Crippen LogP contribution in [0.3, 0.4) is 0 Å². The second-order valence-electron chi connectivity index (χ2n) is 3.75. The van der Waals surface area contributed by atoms with Gasteiger partial charge in [-0.25, -0.2) is 0 Å². The third-order valence-electron chi connectivity index (χ3n) is 2.90. The van der Waals surface area contributed by atoms with Crippen LogP contribution in [0.25, 0.3) is 0 Å². The number of pyridine rings is 1. The fourth-order valence-corrected chi connectivity index (χ4v) is 1.81. The van der Waals surface area contributed by atoms with Gasteiger partial charge in [0.15, 0.2) is 6.19 Å². The minimum Gasteiger partial charge on any atom is -0.310 e. The molecule has 1 rings (SSSR count). The third-order valence-corrected chi connectivity index (χ3v) is 2.90. The molecule has 0 radical (unpaired) electrons. The van der Waals surface area contributed by atoms with Gasteiger partial charge in [-0.15, -0.1) is 0 Å². The first-order valence-electron chi connectivity index (χ1n) is 5.23. The standard InChI is InChI=1S/C12H17N3/c1-4-12(10(2)15(3)9-13)11-6-5-7-14-8-11/h5-8,10,12H,4H2,1-3H3. The maximum Gasteiger partial charge on any atom is 0.179 e. The van der Waals surface area contributed by atoms with Crippen LogP contribution >= 0.6 is 0 Å². The van der Waals surface area contributed by atoms with Crippen molar-refractivity contribution in [1.82, 2.24) is 9.88 Å². The predicted molar refractivity (Wildman–Crippen MR) is 60.1 cm³/mol. The Morgan fingerprint density at radius 2 is 2.33 bits per heavy atom. The molecule has 0 spiro atoms. The fraction of sp³-hybridized carbons (Fsp3) is 0.500. The monoisotopic (exact) mass is 203 g/mol. The van der Waals surface area contributed by atoms with E-state index >= 15 is 0 Å². The molecule has 0 amide bonds. The van der Waals surface area contributed by atoms with Crippen molar-refractivity contribution < 1.29 is 0 Å². The van der Waals surface area contributed by atoms with Crippen LogP contribution in [0.15, 0.2) is 24.5 Å². The Labute approximate surface area is 91.4 Å².